The van der Waals surface area contributed by atoms with Crippen LogP contribution in [0, 0.1) is 5.92 Å². The standard InChI is InChI=1S/C20H29ClN4O.HI/c1-14(2)18(26)25-11-8-17(12-25)24-19(22-3)23-13-20(9-10-20)15-4-6-16(21)7-5-15;/h4-7,14,17H,8-13H2,1-3H3,(H2,22,23,24);1H. The van der Waals surface area contributed by atoms with Crippen LogP contribution in [0.25, 0.3) is 0 Å². The Bertz CT molecular complexity index is 673. The second kappa shape index (κ2) is 9.45. The number of benzene rings is 1. The topological polar surface area (TPSA) is 56.7 Å². The van der Waals surface area contributed by atoms with Gasteiger partial charge in [-0.05, 0) is 37.0 Å². The summed E-state index contributed by atoms with van der Waals surface area (Å²) in [5.41, 5.74) is 1.52. The number of halogens is 2. The Hall–Kier alpha value is -1.02. The summed E-state index contributed by atoms with van der Waals surface area (Å²) in [6.45, 7) is 6.33. The molecule has 1 saturated heterocycles. The molecular formula is C20H30ClIN4O. The average molecular weight is 505 g/mol. The third kappa shape index (κ3) is 5.50. The first-order valence-corrected chi connectivity index (χ1v) is 9.83. The molecule has 1 heterocycles. The second-order valence-electron chi connectivity index (χ2n) is 7.78. The summed E-state index contributed by atoms with van der Waals surface area (Å²) in [4.78, 5) is 18.5. The Morgan fingerprint density at radius 3 is 2.56 bits per heavy atom. The Morgan fingerprint density at radius 2 is 2.00 bits per heavy atom. The molecule has 1 saturated carbocycles. The van der Waals surface area contributed by atoms with Gasteiger partial charge in [0, 0.05) is 49.1 Å². The smallest absolute Gasteiger partial charge is 0.225 e. The number of carbonyl (C=O) groups excluding carboxylic acids is 1. The van der Waals surface area contributed by atoms with Gasteiger partial charge in [0.2, 0.25) is 5.91 Å². The summed E-state index contributed by atoms with van der Waals surface area (Å²) in [6.07, 6.45) is 3.32. The lowest BCUT2D eigenvalue weighted by molar-refractivity contribution is -0.133. The van der Waals surface area contributed by atoms with Crippen molar-refractivity contribution in [2.24, 2.45) is 10.9 Å². The highest BCUT2D eigenvalue weighted by atomic mass is 127. The zero-order valence-corrected chi connectivity index (χ0v) is 19.4. The van der Waals surface area contributed by atoms with Gasteiger partial charge in [-0.3, -0.25) is 9.79 Å². The fraction of sp³-hybridized carbons (Fsp3) is 0.600. The van der Waals surface area contributed by atoms with Gasteiger partial charge in [-0.2, -0.15) is 0 Å². The van der Waals surface area contributed by atoms with Crippen LogP contribution in [0.15, 0.2) is 29.3 Å². The molecule has 5 nitrogen and oxygen atoms in total. The predicted molar refractivity (Wildman–Crippen MR) is 122 cm³/mol. The number of amides is 1. The summed E-state index contributed by atoms with van der Waals surface area (Å²) >= 11 is 6.01. The van der Waals surface area contributed by atoms with E-state index < -0.39 is 0 Å². The molecule has 1 aromatic carbocycles. The third-order valence-electron chi connectivity index (χ3n) is 5.46. The van der Waals surface area contributed by atoms with Crippen molar-refractivity contribution >= 4 is 47.4 Å². The molecular weight excluding hydrogens is 475 g/mol. The van der Waals surface area contributed by atoms with E-state index >= 15 is 0 Å². The predicted octanol–water partition coefficient (Wildman–Crippen LogP) is 3.41. The van der Waals surface area contributed by atoms with Crippen molar-refractivity contribution in [3.8, 4) is 0 Å². The van der Waals surface area contributed by atoms with Crippen molar-refractivity contribution in [3.63, 3.8) is 0 Å². The van der Waals surface area contributed by atoms with E-state index in [0.29, 0.717) is 0 Å². The Kier molecular flexibility index (Phi) is 7.80. The summed E-state index contributed by atoms with van der Waals surface area (Å²) in [7, 11) is 1.79. The van der Waals surface area contributed by atoms with Gasteiger partial charge in [0.25, 0.3) is 0 Å². The van der Waals surface area contributed by atoms with Gasteiger partial charge < -0.3 is 15.5 Å². The van der Waals surface area contributed by atoms with Crippen LogP contribution in [0.5, 0.6) is 0 Å². The Balaban J connectivity index is 0.00000261. The van der Waals surface area contributed by atoms with Gasteiger partial charge >= 0.3 is 0 Å². The highest BCUT2D eigenvalue weighted by Gasteiger charge is 2.44. The number of aliphatic imine (C=N–C) groups is 1. The van der Waals surface area contributed by atoms with Crippen molar-refractivity contribution in [2.45, 2.75) is 44.6 Å². The molecule has 0 spiro atoms. The number of rotatable bonds is 5. The Labute approximate surface area is 184 Å². The monoisotopic (exact) mass is 504 g/mol. The minimum atomic E-state index is 0. The number of hydrogen-bond donors (Lipinski definition) is 2. The van der Waals surface area contributed by atoms with Gasteiger partial charge in [0.05, 0.1) is 0 Å². The lowest BCUT2D eigenvalue weighted by Crippen LogP contribution is -2.47. The van der Waals surface area contributed by atoms with E-state index in [1.54, 1.807) is 7.05 Å². The number of guanidine groups is 1. The molecule has 7 heteroatoms. The molecule has 150 valence electrons. The Morgan fingerprint density at radius 1 is 1.33 bits per heavy atom. The molecule has 2 aliphatic rings. The van der Waals surface area contributed by atoms with E-state index in [4.69, 9.17) is 11.6 Å². The molecule has 1 atom stereocenters. The summed E-state index contributed by atoms with van der Waals surface area (Å²) in [6, 6.07) is 8.43. The van der Waals surface area contributed by atoms with Crippen LogP contribution in [-0.2, 0) is 10.2 Å². The summed E-state index contributed by atoms with van der Waals surface area (Å²) in [5.74, 6) is 1.10. The second-order valence-corrected chi connectivity index (χ2v) is 8.22. The molecule has 1 aliphatic carbocycles. The van der Waals surface area contributed by atoms with Crippen LogP contribution < -0.4 is 10.6 Å². The third-order valence-corrected chi connectivity index (χ3v) is 5.71. The molecule has 0 bridgehead atoms. The van der Waals surface area contributed by atoms with Crippen molar-refractivity contribution in [3.05, 3.63) is 34.9 Å². The number of hydrogen-bond acceptors (Lipinski definition) is 2. The minimum Gasteiger partial charge on any atom is -0.356 e. The number of likely N-dealkylation sites (tertiary alicyclic amines) is 1. The molecule has 2 fully saturated rings. The van der Waals surface area contributed by atoms with E-state index in [9.17, 15) is 4.79 Å². The van der Waals surface area contributed by atoms with E-state index in [0.717, 1.165) is 37.0 Å². The lowest BCUT2D eigenvalue weighted by atomic mass is 9.96. The number of nitrogens with zero attached hydrogens (tertiary/aromatic N) is 2. The molecule has 2 N–H and O–H groups in total. The first-order valence-electron chi connectivity index (χ1n) is 9.45. The van der Waals surface area contributed by atoms with Crippen molar-refractivity contribution < 1.29 is 4.79 Å². The normalized spacial score (nSPS) is 21.0. The molecule has 27 heavy (non-hydrogen) atoms. The fourth-order valence-electron chi connectivity index (χ4n) is 3.61. The maximum atomic E-state index is 12.1. The van der Waals surface area contributed by atoms with E-state index in [-0.39, 0.29) is 47.3 Å². The van der Waals surface area contributed by atoms with Crippen molar-refractivity contribution in [1.29, 1.82) is 0 Å². The quantitative estimate of drug-likeness (QED) is 0.367. The zero-order chi connectivity index (χ0) is 18.7. The van der Waals surface area contributed by atoms with Gasteiger partial charge in [0.15, 0.2) is 5.96 Å². The molecule has 1 aliphatic heterocycles. The fourth-order valence-corrected chi connectivity index (χ4v) is 3.73. The van der Waals surface area contributed by atoms with Crippen LogP contribution in [-0.4, -0.2) is 49.5 Å². The average Bonchev–Trinajstić information content (AvgIpc) is 3.28. The summed E-state index contributed by atoms with van der Waals surface area (Å²) in [5, 5.41) is 7.73. The maximum Gasteiger partial charge on any atom is 0.225 e. The van der Waals surface area contributed by atoms with E-state index in [2.05, 4.69) is 27.8 Å². The molecule has 1 unspecified atom stereocenters. The lowest BCUT2D eigenvalue weighted by Gasteiger charge is -2.22. The van der Waals surface area contributed by atoms with E-state index in [1.165, 1.54) is 18.4 Å². The summed E-state index contributed by atoms with van der Waals surface area (Å²) < 4.78 is 0. The number of nitrogens with one attached hydrogen (secondary N) is 2. The van der Waals surface area contributed by atoms with Crippen molar-refractivity contribution in [2.75, 3.05) is 26.7 Å². The number of carbonyl (C=O) groups is 1. The maximum absolute atomic E-state index is 12.1. The first kappa shape index (κ1) is 22.3. The molecule has 0 radical (unpaired) electrons. The highest BCUT2D eigenvalue weighted by molar-refractivity contribution is 14.0. The van der Waals surface area contributed by atoms with Gasteiger partial charge in [0.1, 0.15) is 0 Å². The van der Waals surface area contributed by atoms with Crippen LogP contribution in [0.4, 0.5) is 0 Å². The molecule has 1 aromatic rings. The van der Waals surface area contributed by atoms with Gasteiger partial charge in [-0.25, -0.2) is 0 Å². The SMILES string of the molecule is CN=C(NCC1(c2ccc(Cl)cc2)CC1)NC1CCN(C(=O)C(C)C)C1.I. The molecule has 1 amide bonds. The van der Waals surface area contributed by atoms with Gasteiger partial charge in [-0.1, -0.05) is 37.6 Å². The van der Waals surface area contributed by atoms with Gasteiger partial charge in [-0.15, -0.1) is 24.0 Å². The largest absolute Gasteiger partial charge is 0.356 e. The molecule has 0 aromatic heterocycles. The van der Waals surface area contributed by atoms with Crippen molar-refractivity contribution in [1.82, 2.24) is 15.5 Å². The highest BCUT2D eigenvalue weighted by Crippen LogP contribution is 2.47. The van der Waals surface area contributed by atoms with Crippen LogP contribution in [0.3, 0.4) is 0 Å². The molecule has 3 rings (SSSR count). The minimum absolute atomic E-state index is 0. The van der Waals surface area contributed by atoms with Crippen LogP contribution in [0.2, 0.25) is 5.02 Å². The van der Waals surface area contributed by atoms with E-state index in [1.807, 2.05) is 30.9 Å². The first-order chi connectivity index (χ1) is 12.4. The van der Waals surface area contributed by atoms with Crippen LogP contribution in [0.1, 0.15) is 38.7 Å². The van der Waals surface area contributed by atoms with Crippen LogP contribution >= 0.6 is 35.6 Å². The zero-order valence-electron chi connectivity index (χ0n) is 16.3.